The Morgan fingerprint density at radius 3 is 2.28 bits per heavy atom. The third kappa shape index (κ3) is 6.24. The molecule has 0 aromatic rings. The van der Waals surface area contributed by atoms with Gasteiger partial charge in [0, 0.05) is 18.3 Å². The van der Waals surface area contributed by atoms with E-state index in [1.54, 1.807) is 6.92 Å². The Balaban J connectivity index is 3.98. The van der Waals surface area contributed by atoms with Gasteiger partial charge in [0.15, 0.2) is 0 Å². The van der Waals surface area contributed by atoms with Gasteiger partial charge in [0.2, 0.25) is 11.8 Å². The van der Waals surface area contributed by atoms with Crippen LogP contribution < -0.4 is 21.3 Å². The first-order chi connectivity index (χ1) is 8.42. The van der Waals surface area contributed by atoms with E-state index in [2.05, 4.69) is 27.8 Å². The number of carbonyl (C=O) groups is 2. The molecule has 0 aromatic heterocycles. The van der Waals surface area contributed by atoms with Crippen molar-refractivity contribution in [3.05, 3.63) is 12.3 Å². The van der Waals surface area contributed by atoms with Crippen molar-refractivity contribution >= 4 is 11.8 Å². The van der Waals surface area contributed by atoms with Gasteiger partial charge in [-0.2, -0.15) is 0 Å². The quantitative estimate of drug-likeness (QED) is 0.465. The molecule has 6 nitrogen and oxygen atoms in total. The first-order valence-corrected chi connectivity index (χ1v) is 6.09. The van der Waals surface area contributed by atoms with E-state index in [4.69, 9.17) is 0 Å². The average molecular weight is 256 g/mol. The minimum Gasteiger partial charge on any atom is -0.379 e. The van der Waals surface area contributed by atoms with Gasteiger partial charge in [-0.3, -0.25) is 9.59 Å². The van der Waals surface area contributed by atoms with Crippen LogP contribution in [0.15, 0.2) is 12.3 Å². The summed E-state index contributed by atoms with van der Waals surface area (Å²) in [7, 11) is 1.81. The fraction of sp³-hybridized carbons (Fsp3) is 0.667. The average Bonchev–Trinajstić information content (AvgIpc) is 2.35. The molecule has 2 atom stereocenters. The fourth-order valence-corrected chi connectivity index (χ4v) is 1.21. The van der Waals surface area contributed by atoms with Crippen molar-refractivity contribution in [3.8, 4) is 0 Å². The molecular weight excluding hydrogens is 232 g/mol. The highest BCUT2D eigenvalue weighted by atomic mass is 16.2. The second-order valence-corrected chi connectivity index (χ2v) is 4.07. The highest BCUT2D eigenvalue weighted by Gasteiger charge is 2.14. The van der Waals surface area contributed by atoms with Gasteiger partial charge in [0.1, 0.15) is 6.04 Å². The van der Waals surface area contributed by atoms with Gasteiger partial charge >= 0.3 is 0 Å². The molecule has 0 spiro atoms. The van der Waals surface area contributed by atoms with Crippen molar-refractivity contribution in [1.82, 2.24) is 21.3 Å². The maximum absolute atomic E-state index is 11.6. The lowest BCUT2D eigenvalue weighted by atomic mass is 10.2. The minimum atomic E-state index is -0.533. The molecule has 0 bridgehead atoms. The third-order valence-corrected chi connectivity index (χ3v) is 2.55. The van der Waals surface area contributed by atoms with Crippen LogP contribution in [0.5, 0.6) is 0 Å². The van der Waals surface area contributed by atoms with Gasteiger partial charge in [-0.25, -0.2) is 0 Å². The van der Waals surface area contributed by atoms with E-state index in [-0.39, 0.29) is 24.4 Å². The Morgan fingerprint density at radius 1 is 1.17 bits per heavy atom. The molecule has 0 aliphatic carbocycles. The summed E-state index contributed by atoms with van der Waals surface area (Å²) in [6.45, 7) is 9.88. The minimum absolute atomic E-state index is 0.0820. The van der Waals surface area contributed by atoms with Gasteiger partial charge in [0.05, 0.1) is 6.54 Å². The van der Waals surface area contributed by atoms with E-state index < -0.39 is 6.04 Å². The van der Waals surface area contributed by atoms with Crippen LogP contribution in [0.2, 0.25) is 0 Å². The van der Waals surface area contributed by atoms with Crippen LogP contribution in [-0.2, 0) is 9.59 Å². The van der Waals surface area contributed by atoms with Crippen LogP contribution in [0.25, 0.3) is 0 Å². The molecule has 18 heavy (non-hydrogen) atoms. The molecule has 0 aliphatic heterocycles. The molecule has 0 rings (SSSR count). The van der Waals surface area contributed by atoms with Gasteiger partial charge in [-0.1, -0.05) is 6.58 Å². The number of nitrogens with one attached hydrogen (secondary N) is 4. The zero-order valence-electron chi connectivity index (χ0n) is 11.6. The largest absolute Gasteiger partial charge is 0.379 e. The second-order valence-electron chi connectivity index (χ2n) is 4.07. The first-order valence-electron chi connectivity index (χ1n) is 6.09. The lowest BCUT2D eigenvalue weighted by molar-refractivity contribution is -0.128. The number of rotatable bonds is 8. The van der Waals surface area contributed by atoms with Crippen LogP contribution >= 0.6 is 0 Å². The zero-order chi connectivity index (χ0) is 14.1. The van der Waals surface area contributed by atoms with Crippen molar-refractivity contribution in [2.24, 2.45) is 0 Å². The number of amides is 2. The highest BCUT2D eigenvalue weighted by molar-refractivity contribution is 5.87. The Bertz CT molecular complexity index is 304. The van der Waals surface area contributed by atoms with Gasteiger partial charge < -0.3 is 21.3 Å². The summed E-state index contributed by atoms with van der Waals surface area (Å²) in [5.41, 5.74) is 0.735. The van der Waals surface area contributed by atoms with Gasteiger partial charge in [0.25, 0.3) is 0 Å². The number of hydrogen-bond donors (Lipinski definition) is 4. The molecule has 104 valence electrons. The number of carbonyl (C=O) groups excluding carboxylic acids is 2. The lowest BCUT2D eigenvalue weighted by Gasteiger charge is -2.17. The van der Waals surface area contributed by atoms with Crippen molar-refractivity contribution in [1.29, 1.82) is 0 Å². The first kappa shape index (κ1) is 16.4. The van der Waals surface area contributed by atoms with E-state index in [1.165, 1.54) is 0 Å². The Hall–Kier alpha value is -1.56. The molecule has 2 amide bonds. The van der Waals surface area contributed by atoms with Crippen LogP contribution in [0.3, 0.4) is 0 Å². The van der Waals surface area contributed by atoms with Crippen molar-refractivity contribution in [2.75, 3.05) is 20.1 Å². The monoisotopic (exact) mass is 256 g/mol. The van der Waals surface area contributed by atoms with E-state index in [0.717, 1.165) is 5.70 Å². The number of likely N-dealkylation sites (N-methyl/N-ethyl adjacent to an activating group) is 2. The SMILES string of the molecule is C=C(NCC(=O)NC(C)C(=O)NCC)C(C)NC. The molecular formula is C12H24N4O2. The molecule has 0 aliphatic rings. The summed E-state index contributed by atoms with van der Waals surface area (Å²) in [5, 5.41) is 11.2. The summed E-state index contributed by atoms with van der Waals surface area (Å²) in [4.78, 5) is 23.0. The normalized spacial score (nSPS) is 13.3. The Kier molecular flexibility index (Phi) is 7.78. The van der Waals surface area contributed by atoms with Crippen molar-refractivity contribution in [2.45, 2.75) is 32.9 Å². The van der Waals surface area contributed by atoms with Gasteiger partial charge in [-0.05, 0) is 27.8 Å². The van der Waals surface area contributed by atoms with Crippen LogP contribution in [-0.4, -0.2) is 44.0 Å². The third-order valence-electron chi connectivity index (χ3n) is 2.55. The van der Waals surface area contributed by atoms with Crippen LogP contribution in [0.1, 0.15) is 20.8 Å². The molecule has 0 saturated heterocycles. The van der Waals surface area contributed by atoms with Crippen LogP contribution in [0.4, 0.5) is 0 Å². The summed E-state index contributed by atoms with van der Waals surface area (Å²) < 4.78 is 0. The predicted octanol–water partition coefficient (Wildman–Crippen LogP) is -0.662. The van der Waals surface area contributed by atoms with E-state index >= 15 is 0 Å². The molecule has 2 unspecified atom stereocenters. The summed E-state index contributed by atoms with van der Waals surface area (Å²) >= 11 is 0. The van der Waals surface area contributed by atoms with Crippen molar-refractivity contribution < 1.29 is 9.59 Å². The van der Waals surface area contributed by atoms with E-state index in [9.17, 15) is 9.59 Å². The van der Waals surface area contributed by atoms with Gasteiger partial charge in [-0.15, -0.1) is 0 Å². The standard InChI is InChI=1S/C12H24N4O2/c1-6-14-12(18)10(4)16-11(17)7-15-9(3)8(2)13-5/h8,10,13,15H,3,6-7H2,1-2,4-5H3,(H,14,18)(H,16,17). The summed E-state index contributed by atoms with van der Waals surface area (Å²) in [6, 6.07) is -0.451. The molecule has 0 saturated carbocycles. The molecule has 4 N–H and O–H groups in total. The second kappa shape index (κ2) is 8.52. The van der Waals surface area contributed by atoms with E-state index in [1.807, 2.05) is 20.9 Å². The maximum atomic E-state index is 11.6. The molecule has 6 heteroatoms. The Labute approximate surface area is 109 Å². The highest BCUT2D eigenvalue weighted by Crippen LogP contribution is 1.92. The fourth-order valence-electron chi connectivity index (χ4n) is 1.21. The summed E-state index contributed by atoms with van der Waals surface area (Å²) in [5.74, 6) is -0.425. The maximum Gasteiger partial charge on any atom is 0.242 e. The summed E-state index contributed by atoms with van der Waals surface area (Å²) in [6.07, 6.45) is 0. The zero-order valence-corrected chi connectivity index (χ0v) is 11.6. The molecule has 0 radical (unpaired) electrons. The smallest absolute Gasteiger partial charge is 0.242 e. The predicted molar refractivity (Wildman–Crippen MR) is 72.0 cm³/mol. The van der Waals surface area contributed by atoms with Crippen LogP contribution in [0, 0.1) is 0 Å². The lowest BCUT2D eigenvalue weighted by Crippen LogP contribution is -2.47. The van der Waals surface area contributed by atoms with E-state index in [0.29, 0.717) is 6.54 Å². The van der Waals surface area contributed by atoms with Crippen molar-refractivity contribution in [3.63, 3.8) is 0 Å². The molecule has 0 aromatic carbocycles. The Morgan fingerprint density at radius 2 is 1.78 bits per heavy atom. The molecule has 0 fully saturated rings. The number of hydrogen-bond acceptors (Lipinski definition) is 4. The molecule has 0 heterocycles. The topological polar surface area (TPSA) is 82.3 Å².